The van der Waals surface area contributed by atoms with E-state index >= 15 is 0 Å². The molecule has 0 saturated heterocycles. The van der Waals surface area contributed by atoms with Gasteiger partial charge < -0.3 is 0 Å². The molecule has 1 heterocycles. The molecule has 3 aromatic rings. The van der Waals surface area contributed by atoms with Crippen molar-refractivity contribution in [2.24, 2.45) is 0 Å². The van der Waals surface area contributed by atoms with Crippen LogP contribution in [0.1, 0.15) is 26.3 Å². The topological polar surface area (TPSA) is 37.8 Å². The van der Waals surface area contributed by atoms with Gasteiger partial charge in [-0.05, 0) is 38.8 Å². The van der Waals surface area contributed by atoms with Crippen molar-refractivity contribution < 1.29 is 0 Å². The predicted molar refractivity (Wildman–Crippen MR) is 95.7 cm³/mol. The van der Waals surface area contributed by atoms with E-state index in [1.165, 1.54) is 0 Å². The highest BCUT2D eigenvalue weighted by molar-refractivity contribution is 5.81. The fourth-order valence-corrected chi connectivity index (χ4v) is 2.83. The number of rotatable bonds is 2. The minimum Gasteiger partial charge on any atom is -0.294 e. The number of aromatic nitrogens is 2. The van der Waals surface area contributed by atoms with Crippen LogP contribution < -0.4 is 5.56 Å². The van der Waals surface area contributed by atoms with E-state index in [9.17, 15) is 4.79 Å². The number of nitrogens with zero attached hydrogens (tertiary/aromatic N) is 1. The third kappa shape index (κ3) is 2.74. The maximum atomic E-state index is 13.1. The van der Waals surface area contributed by atoms with E-state index in [0.29, 0.717) is 0 Å². The Hall–Kier alpha value is -2.55. The summed E-state index contributed by atoms with van der Waals surface area (Å²) >= 11 is 0. The van der Waals surface area contributed by atoms with Gasteiger partial charge in [0.15, 0.2) is 0 Å². The molecule has 0 bridgehead atoms. The lowest BCUT2D eigenvalue weighted by atomic mass is 9.98. The highest BCUT2D eigenvalue weighted by Gasteiger charge is 2.24. The van der Waals surface area contributed by atoms with Crippen LogP contribution >= 0.6 is 0 Å². The number of aromatic amines is 1. The molecule has 0 unspecified atom stereocenters. The Morgan fingerprint density at radius 1 is 0.913 bits per heavy atom. The Kier molecular flexibility index (Phi) is 3.72. The van der Waals surface area contributed by atoms with Gasteiger partial charge in [-0.1, -0.05) is 54.6 Å². The zero-order chi connectivity index (χ0) is 16.6. The predicted octanol–water partition coefficient (Wildman–Crippen LogP) is 4.57. The van der Waals surface area contributed by atoms with Crippen molar-refractivity contribution in [3.05, 3.63) is 70.5 Å². The van der Waals surface area contributed by atoms with Crippen molar-refractivity contribution in [1.29, 1.82) is 0 Å². The quantitative estimate of drug-likeness (QED) is 0.739. The molecule has 0 fully saturated rings. The van der Waals surface area contributed by atoms with Crippen molar-refractivity contribution in [1.82, 2.24) is 9.78 Å². The lowest BCUT2D eigenvalue weighted by Crippen LogP contribution is -2.32. The molecule has 0 radical (unpaired) electrons. The summed E-state index contributed by atoms with van der Waals surface area (Å²) in [6.45, 7) is 8.15. The molecule has 0 aliphatic carbocycles. The molecule has 3 nitrogen and oxygen atoms in total. The van der Waals surface area contributed by atoms with Crippen molar-refractivity contribution in [2.45, 2.75) is 33.2 Å². The van der Waals surface area contributed by atoms with Gasteiger partial charge in [-0.2, -0.15) is 0 Å². The van der Waals surface area contributed by atoms with Gasteiger partial charge in [-0.25, -0.2) is 4.68 Å². The van der Waals surface area contributed by atoms with Gasteiger partial charge in [0.2, 0.25) is 0 Å². The number of nitrogens with one attached hydrogen (secondary N) is 1. The minimum atomic E-state index is -0.304. The molecule has 1 N–H and O–H groups in total. The molecule has 0 amide bonds. The summed E-state index contributed by atoms with van der Waals surface area (Å²) in [7, 11) is 0. The molecule has 0 atom stereocenters. The second-order valence-corrected chi connectivity index (χ2v) is 6.85. The van der Waals surface area contributed by atoms with Crippen LogP contribution in [0.4, 0.5) is 0 Å². The lowest BCUT2D eigenvalue weighted by molar-refractivity contribution is 0.346. The third-order valence-electron chi connectivity index (χ3n) is 4.04. The number of H-pyrrole nitrogens is 1. The largest absolute Gasteiger partial charge is 0.294 e. The molecule has 0 aliphatic rings. The van der Waals surface area contributed by atoms with Crippen molar-refractivity contribution in [3.63, 3.8) is 0 Å². The van der Waals surface area contributed by atoms with Crippen molar-refractivity contribution in [2.75, 3.05) is 0 Å². The normalized spacial score (nSPS) is 11.7. The second kappa shape index (κ2) is 5.58. The lowest BCUT2D eigenvalue weighted by Gasteiger charge is -2.19. The molecular weight excluding hydrogens is 284 g/mol. The summed E-state index contributed by atoms with van der Waals surface area (Å²) in [6.07, 6.45) is 0. The molecule has 2 aromatic carbocycles. The van der Waals surface area contributed by atoms with Crippen LogP contribution in [0.15, 0.2) is 59.4 Å². The van der Waals surface area contributed by atoms with Crippen LogP contribution in [0.3, 0.4) is 0 Å². The van der Waals surface area contributed by atoms with Gasteiger partial charge in [0.1, 0.15) is 0 Å². The van der Waals surface area contributed by atoms with Crippen molar-refractivity contribution >= 4 is 0 Å². The van der Waals surface area contributed by atoms with Crippen LogP contribution in [-0.4, -0.2) is 9.78 Å². The van der Waals surface area contributed by atoms with E-state index in [0.717, 1.165) is 27.9 Å². The molecule has 23 heavy (non-hydrogen) atoms. The zero-order valence-corrected chi connectivity index (χ0v) is 14.1. The summed E-state index contributed by atoms with van der Waals surface area (Å²) in [5.74, 6) is 0. The Balaban J connectivity index is 2.36. The average Bonchev–Trinajstić information content (AvgIpc) is 2.86. The van der Waals surface area contributed by atoms with E-state index in [1.807, 2.05) is 63.2 Å². The Morgan fingerprint density at radius 2 is 1.52 bits per heavy atom. The fourth-order valence-electron chi connectivity index (χ4n) is 2.83. The first-order chi connectivity index (χ1) is 10.9. The number of hydrogen-bond acceptors (Lipinski definition) is 1. The summed E-state index contributed by atoms with van der Waals surface area (Å²) in [6, 6.07) is 18.0. The van der Waals surface area contributed by atoms with Gasteiger partial charge in [0, 0.05) is 5.56 Å². The highest BCUT2D eigenvalue weighted by atomic mass is 16.1. The average molecular weight is 306 g/mol. The van der Waals surface area contributed by atoms with E-state index in [4.69, 9.17) is 0 Å². The zero-order valence-electron chi connectivity index (χ0n) is 14.1. The Morgan fingerprint density at radius 3 is 2.13 bits per heavy atom. The second-order valence-electron chi connectivity index (χ2n) is 6.85. The SMILES string of the molecule is Cc1ccccc1-c1[nH]n(C(C)(C)C)c(=O)c1-c1ccccc1. The molecule has 0 spiro atoms. The summed E-state index contributed by atoms with van der Waals surface area (Å²) < 4.78 is 1.72. The van der Waals surface area contributed by atoms with E-state index in [2.05, 4.69) is 24.2 Å². The van der Waals surface area contributed by atoms with Gasteiger partial charge in [0.05, 0.1) is 16.8 Å². The van der Waals surface area contributed by atoms with Crippen LogP contribution in [0.25, 0.3) is 22.4 Å². The minimum absolute atomic E-state index is 0.0157. The highest BCUT2D eigenvalue weighted by Crippen LogP contribution is 2.31. The number of aryl methyl sites for hydroxylation is 1. The molecule has 3 rings (SSSR count). The molecule has 118 valence electrons. The monoisotopic (exact) mass is 306 g/mol. The Bertz CT molecular complexity index is 880. The summed E-state index contributed by atoms with van der Waals surface area (Å²) in [5, 5.41) is 3.35. The van der Waals surface area contributed by atoms with Gasteiger partial charge >= 0.3 is 0 Å². The third-order valence-corrected chi connectivity index (χ3v) is 4.04. The number of benzene rings is 2. The molecule has 1 aromatic heterocycles. The van der Waals surface area contributed by atoms with Crippen LogP contribution in [0.2, 0.25) is 0 Å². The molecule has 0 saturated carbocycles. The van der Waals surface area contributed by atoms with E-state index in [-0.39, 0.29) is 11.1 Å². The fraction of sp³-hybridized carbons (Fsp3) is 0.250. The van der Waals surface area contributed by atoms with Gasteiger partial charge in [0.25, 0.3) is 5.56 Å². The first kappa shape index (κ1) is 15.3. The van der Waals surface area contributed by atoms with Crippen LogP contribution in [-0.2, 0) is 5.54 Å². The first-order valence-electron chi connectivity index (χ1n) is 7.86. The van der Waals surface area contributed by atoms with Gasteiger partial charge in [-0.3, -0.25) is 9.89 Å². The molecular formula is C20H22N2O. The molecule has 0 aliphatic heterocycles. The smallest absolute Gasteiger partial charge is 0.275 e. The maximum absolute atomic E-state index is 13.1. The summed E-state index contributed by atoms with van der Waals surface area (Å²) in [4.78, 5) is 13.1. The molecule has 3 heteroatoms. The number of hydrogen-bond donors (Lipinski definition) is 1. The van der Waals surface area contributed by atoms with Crippen molar-refractivity contribution in [3.8, 4) is 22.4 Å². The standard InChI is InChI=1S/C20H22N2O/c1-14-10-8-9-13-16(14)18-17(15-11-6-5-7-12-15)19(23)22(21-18)20(2,3)4/h5-13,21H,1-4H3. The van der Waals surface area contributed by atoms with Crippen LogP contribution in [0.5, 0.6) is 0 Å². The first-order valence-corrected chi connectivity index (χ1v) is 7.86. The van der Waals surface area contributed by atoms with E-state index in [1.54, 1.807) is 4.68 Å². The summed E-state index contributed by atoms with van der Waals surface area (Å²) in [5.41, 5.74) is 4.47. The Labute approximate surface area is 136 Å². The van der Waals surface area contributed by atoms with Crippen LogP contribution in [0, 0.1) is 6.92 Å². The maximum Gasteiger partial charge on any atom is 0.275 e. The van der Waals surface area contributed by atoms with Gasteiger partial charge in [-0.15, -0.1) is 0 Å². The van der Waals surface area contributed by atoms with E-state index < -0.39 is 0 Å².